The Bertz CT molecular complexity index is 678. The number of hydrogen-bond acceptors (Lipinski definition) is 4. The number of pyridine rings is 1. The lowest BCUT2D eigenvalue weighted by Crippen LogP contribution is -2.38. The first-order valence-electron chi connectivity index (χ1n) is 8.09. The van der Waals surface area contributed by atoms with Gasteiger partial charge in [-0.05, 0) is 62.2 Å². The van der Waals surface area contributed by atoms with Gasteiger partial charge < -0.3 is 15.4 Å². The largest absolute Gasteiger partial charge is 0.439 e. The molecular weight excluding hydrogens is 441 g/mol. The number of rotatable bonds is 5. The molecule has 1 aliphatic rings. The van der Waals surface area contributed by atoms with Crippen LogP contribution in [0.15, 0.2) is 47.1 Å². The summed E-state index contributed by atoms with van der Waals surface area (Å²) in [7, 11) is 0. The van der Waals surface area contributed by atoms with Crippen LogP contribution in [0.1, 0.15) is 23.2 Å². The predicted octanol–water partition coefficient (Wildman–Crippen LogP) is 4.21. The van der Waals surface area contributed by atoms with Gasteiger partial charge in [-0.2, -0.15) is 0 Å². The van der Waals surface area contributed by atoms with Gasteiger partial charge in [-0.3, -0.25) is 4.79 Å². The highest BCUT2D eigenvalue weighted by molar-refractivity contribution is 9.10. The second kappa shape index (κ2) is 11.4. The average Bonchev–Trinajstić information content (AvgIpc) is 2.63. The van der Waals surface area contributed by atoms with Gasteiger partial charge >= 0.3 is 0 Å². The molecule has 0 saturated carbocycles. The fraction of sp³-hybridized carbons (Fsp3) is 0.333. The van der Waals surface area contributed by atoms with E-state index in [1.54, 1.807) is 18.3 Å². The maximum absolute atomic E-state index is 12.2. The Morgan fingerprint density at radius 3 is 2.62 bits per heavy atom. The number of piperidine rings is 1. The van der Waals surface area contributed by atoms with Gasteiger partial charge in [0.05, 0.1) is 5.56 Å². The van der Waals surface area contributed by atoms with E-state index in [1.807, 2.05) is 24.3 Å². The van der Waals surface area contributed by atoms with Gasteiger partial charge in [0, 0.05) is 23.3 Å². The third kappa shape index (κ3) is 6.76. The number of halogens is 3. The van der Waals surface area contributed by atoms with E-state index in [2.05, 4.69) is 31.5 Å². The van der Waals surface area contributed by atoms with Crippen LogP contribution in [0, 0.1) is 5.92 Å². The Labute approximate surface area is 174 Å². The number of nitrogens with zero attached hydrogens (tertiary/aromatic N) is 1. The summed E-state index contributed by atoms with van der Waals surface area (Å²) in [5, 5.41) is 6.33. The van der Waals surface area contributed by atoms with Gasteiger partial charge in [-0.15, -0.1) is 24.8 Å². The van der Waals surface area contributed by atoms with E-state index in [4.69, 9.17) is 4.74 Å². The molecule has 2 N–H and O–H groups in total. The molecule has 2 aromatic rings. The van der Waals surface area contributed by atoms with Crippen molar-refractivity contribution in [1.82, 2.24) is 15.6 Å². The van der Waals surface area contributed by atoms with Crippen molar-refractivity contribution in [2.45, 2.75) is 12.8 Å². The molecule has 0 bridgehead atoms. The summed E-state index contributed by atoms with van der Waals surface area (Å²) >= 11 is 3.38. The summed E-state index contributed by atoms with van der Waals surface area (Å²) in [5.41, 5.74) is 0.543. The number of carbonyl (C=O) groups excluding carboxylic acids is 1. The summed E-state index contributed by atoms with van der Waals surface area (Å²) in [6, 6.07) is 10.9. The van der Waals surface area contributed by atoms with Crippen LogP contribution in [-0.4, -0.2) is 30.5 Å². The van der Waals surface area contributed by atoms with Crippen molar-refractivity contribution in [2.75, 3.05) is 19.6 Å². The molecule has 1 aliphatic heterocycles. The maximum Gasteiger partial charge on any atom is 0.252 e. The molecule has 26 heavy (non-hydrogen) atoms. The lowest BCUT2D eigenvalue weighted by atomic mass is 10.00. The summed E-state index contributed by atoms with van der Waals surface area (Å²) in [5.74, 6) is 1.58. The number of aromatic nitrogens is 1. The van der Waals surface area contributed by atoms with Gasteiger partial charge in [0.1, 0.15) is 5.75 Å². The fourth-order valence-electron chi connectivity index (χ4n) is 2.64. The van der Waals surface area contributed by atoms with E-state index in [-0.39, 0.29) is 30.7 Å². The van der Waals surface area contributed by atoms with Crippen LogP contribution in [-0.2, 0) is 0 Å². The highest BCUT2D eigenvalue weighted by Gasteiger charge is 2.14. The molecule has 1 atom stereocenters. The van der Waals surface area contributed by atoms with Crippen LogP contribution in [0.5, 0.6) is 11.6 Å². The van der Waals surface area contributed by atoms with E-state index in [0.29, 0.717) is 29.7 Å². The molecule has 1 amide bonds. The zero-order valence-corrected chi connectivity index (χ0v) is 17.3. The number of amides is 1. The molecule has 1 fully saturated rings. The Balaban J connectivity index is 0.00000169. The van der Waals surface area contributed by atoms with Crippen LogP contribution < -0.4 is 15.4 Å². The number of benzene rings is 1. The van der Waals surface area contributed by atoms with E-state index in [0.717, 1.165) is 24.0 Å². The van der Waals surface area contributed by atoms with Gasteiger partial charge in [0.2, 0.25) is 5.88 Å². The highest BCUT2D eigenvalue weighted by atomic mass is 79.9. The van der Waals surface area contributed by atoms with Gasteiger partial charge in [-0.25, -0.2) is 4.98 Å². The molecule has 2 heterocycles. The monoisotopic (exact) mass is 461 g/mol. The van der Waals surface area contributed by atoms with Crippen LogP contribution in [0.2, 0.25) is 0 Å². The molecular formula is C18H22BrCl2N3O2. The molecule has 8 heteroatoms. The Hall–Kier alpha value is -1.34. The zero-order valence-electron chi connectivity index (χ0n) is 14.1. The minimum Gasteiger partial charge on any atom is -0.439 e. The third-order valence-electron chi connectivity index (χ3n) is 3.98. The number of nitrogens with one attached hydrogen (secondary N) is 2. The lowest BCUT2D eigenvalue weighted by Gasteiger charge is -2.22. The summed E-state index contributed by atoms with van der Waals surface area (Å²) in [6.07, 6.45) is 3.87. The summed E-state index contributed by atoms with van der Waals surface area (Å²) in [4.78, 5) is 16.4. The molecule has 1 aromatic carbocycles. The van der Waals surface area contributed by atoms with Crippen LogP contribution in [0.25, 0.3) is 0 Å². The van der Waals surface area contributed by atoms with Crippen molar-refractivity contribution in [2.24, 2.45) is 5.92 Å². The minimum atomic E-state index is -0.0942. The topological polar surface area (TPSA) is 63.2 Å². The Kier molecular flexibility index (Phi) is 9.94. The zero-order chi connectivity index (χ0) is 16.8. The normalized spacial score (nSPS) is 16.0. The molecule has 5 nitrogen and oxygen atoms in total. The van der Waals surface area contributed by atoms with Crippen molar-refractivity contribution >= 4 is 46.7 Å². The SMILES string of the molecule is Cl.Cl.O=C(NCC1CCCNC1)c1ccc(Oc2ccc(Br)cc2)nc1. The van der Waals surface area contributed by atoms with Gasteiger partial charge in [0.15, 0.2) is 0 Å². The average molecular weight is 463 g/mol. The molecule has 0 spiro atoms. The highest BCUT2D eigenvalue weighted by Crippen LogP contribution is 2.21. The second-order valence-electron chi connectivity index (χ2n) is 5.86. The fourth-order valence-corrected chi connectivity index (χ4v) is 2.90. The quantitative estimate of drug-likeness (QED) is 0.698. The van der Waals surface area contributed by atoms with E-state index in [1.165, 1.54) is 6.42 Å². The lowest BCUT2D eigenvalue weighted by molar-refractivity contribution is 0.0944. The standard InChI is InChI=1S/C18H20BrN3O2.2ClH/c19-15-4-6-16(7-5-15)24-17-8-3-14(12-21-17)18(23)22-11-13-2-1-9-20-10-13;;/h3-8,12-13,20H,1-2,9-11H2,(H,22,23);2*1H. The van der Waals surface area contributed by atoms with E-state index < -0.39 is 0 Å². The van der Waals surface area contributed by atoms with Crippen LogP contribution in [0.3, 0.4) is 0 Å². The maximum atomic E-state index is 12.2. The predicted molar refractivity (Wildman–Crippen MR) is 111 cm³/mol. The molecule has 0 radical (unpaired) electrons. The molecule has 1 saturated heterocycles. The minimum absolute atomic E-state index is 0. The molecule has 1 aromatic heterocycles. The van der Waals surface area contributed by atoms with Gasteiger partial charge in [-0.1, -0.05) is 15.9 Å². The first-order chi connectivity index (χ1) is 11.7. The third-order valence-corrected chi connectivity index (χ3v) is 4.51. The summed E-state index contributed by atoms with van der Waals surface area (Å²) < 4.78 is 6.64. The van der Waals surface area contributed by atoms with Crippen LogP contribution >= 0.6 is 40.7 Å². The molecule has 142 valence electrons. The van der Waals surface area contributed by atoms with Crippen LogP contribution in [0.4, 0.5) is 0 Å². The Morgan fingerprint density at radius 2 is 2.00 bits per heavy atom. The van der Waals surface area contributed by atoms with E-state index in [9.17, 15) is 4.79 Å². The number of ether oxygens (including phenoxy) is 1. The molecule has 1 unspecified atom stereocenters. The smallest absolute Gasteiger partial charge is 0.252 e. The first kappa shape index (κ1) is 22.7. The van der Waals surface area contributed by atoms with Gasteiger partial charge in [0.25, 0.3) is 5.91 Å². The van der Waals surface area contributed by atoms with E-state index >= 15 is 0 Å². The first-order valence-corrected chi connectivity index (χ1v) is 8.88. The molecule has 0 aliphatic carbocycles. The second-order valence-corrected chi connectivity index (χ2v) is 6.78. The van der Waals surface area contributed by atoms with Crippen molar-refractivity contribution in [3.05, 3.63) is 52.6 Å². The number of carbonyl (C=O) groups is 1. The van der Waals surface area contributed by atoms with Crippen molar-refractivity contribution in [1.29, 1.82) is 0 Å². The number of hydrogen-bond donors (Lipinski definition) is 2. The summed E-state index contributed by atoms with van der Waals surface area (Å²) in [6.45, 7) is 2.75. The van der Waals surface area contributed by atoms with Crippen molar-refractivity contribution in [3.8, 4) is 11.6 Å². The Morgan fingerprint density at radius 1 is 1.23 bits per heavy atom. The van der Waals surface area contributed by atoms with Crippen molar-refractivity contribution < 1.29 is 9.53 Å². The molecule has 3 rings (SSSR count). The van der Waals surface area contributed by atoms with Crippen molar-refractivity contribution in [3.63, 3.8) is 0 Å².